The molecular weight excluding hydrogens is 188 g/mol. The summed E-state index contributed by atoms with van der Waals surface area (Å²) >= 11 is 1.82. The second-order valence-corrected chi connectivity index (χ2v) is 4.85. The molecule has 0 amide bonds. The Morgan fingerprint density at radius 3 is 3.08 bits per heavy atom. The number of ether oxygens (including phenoxy) is 1. The van der Waals surface area contributed by atoms with Gasteiger partial charge in [0.15, 0.2) is 0 Å². The highest BCUT2D eigenvalue weighted by Gasteiger charge is 2.48. The van der Waals surface area contributed by atoms with Crippen LogP contribution in [-0.2, 0) is 9.53 Å². The van der Waals surface area contributed by atoms with Crippen molar-refractivity contribution in [2.45, 2.75) is 24.9 Å². The van der Waals surface area contributed by atoms with Crippen LogP contribution in [-0.4, -0.2) is 34.8 Å². The highest BCUT2D eigenvalue weighted by atomic mass is 32.2. The number of carboxylic acid groups (broad SMARTS) is 1. The van der Waals surface area contributed by atoms with Crippen LogP contribution in [0.3, 0.4) is 0 Å². The molecule has 0 aromatic carbocycles. The van der Waals surface area contributed by atoms with Crippen LogP contribution in [0, 0.1) is 5.92 Å². The maximum Gasteiger partial charge on any atom is 0.309 e. The molecule has 0 aromatic rings. The number of aliphatic carboxylic acids is 1. The van der Waals surface area contributed by atoms with Crippen LogP contribution in [0.2, 0.25) is 0 Å². The van der Waals surface area contributed by atoms with Crippen molar-refractivity contribution < 1.29 is 14.6 Å². The van der Waals surface area contributed by atoms with E-state index in [4.69, 9.17) is 9.84 Å². The van der Waals surface area contributed by atoms with Gasteiger partial charge < -0.3 is 9.84 Å². The Bertz CT molecular complexity index is 211. The number of carbonyl (C=O) groups is 1. The summed E-state index contributed by atoms with van der Waals surface area (Å²) in [7, 11) is 0. The Balaban J connectivity index is 2.13. The molecule has 1 N–H and O–H groups in total. The van der Waals surface area contributed by atoms with Crippen molar-refractivity contribution in [2.24, 2.45) is 5.92 Å². The van der Waals surface area contributed by atoms with Crippen molar-refractivity contribution in [2.75, 3.05) is 18.1 Å². The lowest BCUT2D eigenvalue weighted by Gasteiger charge is -2.35. The summed E-state index contributed by atoms with van der Waals surface area (Å²) in [5.74, 6) is 1.07. The minimum Gasteiger partial charge on any atom is -0.481 e. The molecule has 13 heavy (non-hydrogen) atoms. The molecule has 2 fully saturated rings. The molecule has 2 rings (SSSR count). The van der Waals surface area contributed by atoms with E-state index in [-0.39, 0.29) is 11.5 Å². The van der Waals surface area contributed by atoms with Crippen LogP contribution in [0.4, 0.5) is 0 Å². The molecule has 0 bridgehead atoms. The van der Waals surface area contributed by atoms with Crippen LogP contribution in [0.1, 0.15) is 19.3 Å². The molecule has 2 aliphatic heterocycles. The van der Waals surface area contributed by atoms with Crippen LogP contribution >= 0.6 is 11.8 Å². The standard InChI is InChI=1S/C9H14O3S/c10-8(11)7-2-4-12-9(7)3-1-5-13-6-9/h7H,1-6H2,(H,10,11). The molecule has 2 unspecified atom stereocenters. The molecule has 0 aromatic heterocycles. The number of rotatable bonds is 1. The van der Waals surface area contributed by atoms with E-state index in [2.05, 4.69) is 0 Å². The van der Waals surface area contributed by atoms with E-state index >= 15 is 0 Å². The van der Waals surface area contributed by atoms with Gasteiger partial charge in [-0.3, -0.25) is 4.79 Å². The van der Waals surface area contributed by atoms with Crippen molar-refractivity contribution in [3.63, 3.8) is 0 Å². The molecule has 0 aliphatic carbocycles. The number of carboxylic acids is 1. The smallest absolute Gasteiger partial charge is 0.309 e. The van der Waals surface area contributed by atoms with Gasteiger partial charge in [0.2, 0.25) is 0 Å². The van der Waals surface area contributed by atoms with Crippen molar-refractivity contribution in [3.05, 3.63) is 0 Å². The summed E-state index contributed by atoms with van der Waals surface area (Å²) in [5.41, 5.74) is -0.325. The van der Waals surface area contributed by atoms with Gasteiger partial charge in [0, 0.05) is 12.4 Å². The van der Waals surface area contributed by atoms with E-state index in [9.17, 15) is 4.79 Å². The zero-order valence-corrected chi connectivity index (χ0v) is 8.31. The molecule has 3 nitrogen and oxygen atoms in total. The third-order valence-corrected chi connectivity index (χ3v) is 4.23. The van der Waals surface area contributed by atoms with Gasteiger partial charge in [0.25, 0.3) is 0 Å². The molecule has 0 saturated carbocycles. The topological polar surface area (TPSA) is 46.5 Å². The van der Waals surface area contributed by atoms with Gasteiger partial charge in [-0.05, 0) is 25.0 Å². The third kappa shape index (κ3) is 1.57. The molecule has 1 spiro atoms. The van der Waals surface area contributed by atoms with Crippen LogP contribution in [0.25, 0.3) is 0 Å². The molecule has 2 aliphatic rings. The van der Waals surface area contributed by atoms with Crippen molar-refractivity contribution in [1.29, 1.82) is 0 Å². The highest BCUT2D eigenvalue weighted by molar-refractivity contribution is 7.99. The summed E-state index contributed by atoms with van der Waals surface area (Å²) in [6, 6.07) is 0. The van der Waals surface area contributed by atoms with Crippen LogP contribution < -0.4 is 0 Å². The van der Waals surface area contributed by atoms with Gasteiger partial charge in [-0.1, -0.05) is 0 Å². The summed E-state index contributed by atoms with van der Waals surface area (Å²) in [6.07, 6.45) is 2.71. The Morgan fingerprint density at radius 2 is 2.46 bits per heavy atom. The first-order valence-corrected chi connectivity index (χ1v) is 5.85. The predicted octanol–water partition coefficient (Wildman–Crippen LogP) is 1.37. The monoisotopic (exact) mass is 202 g/mol. The molecule has 4 heteroatoms. The fourth-order valence-electron chi connectivity index (χ4n) is 2.27. The van der Waals surface area contributed by atoms with Gasteiger partial charge in [-0.25, -0.2) is 0 Å². The van der Waals surface area contributed by atoms with E-state index in [1.807, 2.05) is 11.8 Å². The van der Waals surface area contributed by atoms with Gasteiger partial charge >= 0.3 is 5.97 Å². The average molecular weight is 202 g/mol. The Kier molecular flexibility index (Phi) is 2.51. The fraction of sp³-hybridized carbons (Fsp3) is 0.889. The first kappa shape index (κ1) is 9.34. The fourth-order valence-corrected chi connectivity index (χ4v) is 3.54. The van der Waals surface area contributed by atoms with Crippen molar-refractivity contribution >= 4 is 17.7 Å². The Hall–Kier alpha value is -0.220. The van der Waals surface area contributed by atoms with Crippen LogP contribution in [0.15, 0.2) is 0 Å². The molecule has 74 valence electrons. The summed E-state index contributed by atoms with van der Waals surface area (Å²) in [5, 5.41) is 9.04. The number of thioether (sulfide) groups is 1. The van der Waals surface area contributed by atoms with E-state index < -0.39 is 5.97 Å². The van der Waals surface area contributed by atoms with E-state index in [1.165, 1.54) is 0 Å². The SMILES string of the molecule is O=C(O)C1CCOC12CCCSC2. The lowest BCUT2D eigenvalue weighted by molar-refractivity contribution is -0.147. The van der Waals surface area contributed by atoms with Crippen LogP contribution in [0.5, 0.6) is 0 Å². The minimum atomic E-state index is -0.681. The molecule has 2 atom stereocenters. The molecule has 0 radical (unpaired) electrons. The third-order valence-electron chi connectivity index (χ3n) is 2.96. The van der Waals surface area contributed by atoms with Gasteiger partial charge in [0.05, 0.1) is 11.5 Å². The lowest BCUT2D eigenvalue weighted by Crippen LogP contribution is -2.44. The largest absolute Gasteiger partial charge is 0.481 e. The average Bonchev–Trinajstić information content (AvgIpc) is 2.50. The first-order chi connectivity index (χ1) is 6.25. The number of hydrogen-bond donors (Lipinski definition) is 1. The zero-order chi connectivity index (χ0) is 9.31. The summed E-state index contributed by atoms with van der Waals surface area (Å²) in [6.45, 7) is 0.623. The van der Waals surface area contributed by atoms with Crippen molar-refractivity contribution in [1.82, 2.24) is 0 Å². The first-order valence-electron chi connectivity index (χ1n) is 4.69. The Labute approximate surface area is 81.8 Å². The van der Waals surface area contributed by atoms with Gasteiger partial charge in [0.1, 0.15) is 0 Å². The van der Waals surface area contributed by atoms with Gasteiger partial charge in [-0.2, -0.15) is 11.8 Å². The maximum atomic E-state index is 11.0. The highest BCUT2D eigenvalue weighted by Crippen LogP contribution is 2.42. The lowest BCUT2D eigenvalue weighted by atomic mass is 9.85. The number of hydrogen-bond acceptors (Lipinski definition) is 3. The minimum absolute atomic E-state index is 0.264. The molecule has 2 saturated heterocycles. The maximum absolute atomic E-state index is 11.0. The molecule has 2 heterocycles. The zero-order valence-electron chi connectivity index (χ0n) is 7.49. The second kappa shape index (κ2) is 3.50. The second-order valence-electron chi connectivity index (χ2n) is 3.75. The van der Waals surface area contributed by atoms with E-state index in [0.717, 1.165) is 24.3 Å². The molecular formula is C9H14O3S. The van der Waals surface area contributed by atoms with E-state index in [0.29, 0.717) is 13.0 Å². The predicted molar refractivity (Wildman–Crippen MR) is 51.0 cm³/mol. The van der Waals surface area contributed by atoms with Gasteiger partial charge in [-0.15, -0.1) is 0 Å². The summed E-state index contributed by atoms with van der Waals surface area (Å²) < 4.78 is 5.65. The normalized spacial score (nSPS) is 39.5. The Morgan fingerprint density at radius 1 is 1.62 bits per heavy atom. The van der Waals surface area contributed by atoms with E-state index in [1.54, 1.807) is 0 Å². The summed E-state index contributed by atoms with van der Waals surface area (Å²) in [4.78, 5) is 11.0. The quantitative estimate of drug-likeness (QED) is 0.697. The van der Waals surface area contributed by atoms with Crippen molar-refractivity contribution in [3.8, 4) is 0 Å².